The average molecular weight is 410 g/mol. The molecule has 0 aliphatic carbocycles. The Bertz CT molecular complexity index is 864. The van der Waals surface area contributed by atoms with Crippen molar-refractivity contribution >= 4 is 17.5 Å². The van der Waals surface area contributed by atoms with Crippen molar-refractivity contribution < 1.29 is 14.3 Å². The van der Waals surface area contributed by atoms with E-state index in [0.29, 0.717) is 25.4 Å². The standard InChI is InChI=1S/C24H31N3O3/c1-4-18-9-11-19(12-10-18)21(26(2)3)17-25-23(28)13-14-24(29)27-15-16-30-22-8-6-5-7-20(22)27/h5-12,21H,4,13-17H2,1-3H3,(H,25,28). The van der Waals surface area contributed by atoms with Crippen molar-refractivity contribution in [1.82, 2.24) is 10.2 Å². The van der Waals surface area contributed by atoms with Gasteiger partial charge in [-0.2, -0.15) is 0 Å². The van der Waals surface area contributed by atoms with Gasteiger partial charge in [0.15, 0.2) is 0 Å². The first-order chi connectivity index (χ1) is 14.5. The molecule has 1 aliphatic heterocycles. The van der Waals surface area contributed by atoms with Crippen LogP contribution in [0.4, 0.5) is 5.69 Å². The monoisotopic (exact) mass is 409 g/mol. The Morgan fingerprint density at radius 3 is 2.53 bits per heavy atom. The summed E-state index contributed by atoms with van der Waals surface area (Å²) >= 11 is 0. The molecule has 2 aromatic carbocycles. The quantitative estimate of drug-likeness (QED) is 0.728. The third-order valence-corrected chi connectivity index (χ3v) is 5.48. The fourth-order valence-electron chi connectivity index (χ4n) is 3.66. The summed E-state index contributed by atoms with van der Waals surface area (Å²) in [4.78, 5) is 28.9. The SMILES string of the molecule is CCc1ccc(C(CNC(=O)CCC(=O)N2CCOc3ccccc32)N(C)C)cc1. The van der Waals surface area contributed by atoms with Crippen molar-refractivity contribution in [3.05, 3.63) is 59.7 Å². The van der Waals surface area contributed by atoms with Crippen LogP contribution in [0.25, 0.3) is 0 Å². The Morgan fingerprint density at radius 2 is 1.83 bits per heavy atom. The predicted octanol–water partition coefficient (Wildman–Crippen LogP) is 3.17. The average Bonchev–Trinajstić information content (AvgIpc) is 2.77. The number of carbonyl (C=O) groups excluding carboxylic acids is 2. The van der Waals surface area contributed by atoms with Crippen LogP contribution < -0.4 is 15.0 Å². The number of para-hydroxylation sites is 2. The van der Waals surface area contributed by atoms with Gasteiger partial charge in [0, 0.05) is 19.4 Å². The van der Waals surface area contributed by atoms with E-state index >= 15 is 0 Å². The topological polar surface area (TPSA) is 61.9 Å². The van der Waals surface area contributed by atoms with Gasteiger partial charge in [-0.3, -0.25) is 9.59 Å². The number of anilines is 1. The van der Waals surface area contributed by atoms with E-state index in [1.54, 1.807) is 4.90 Å². The number of likely N-dealkylation sites (N-methyl/N-ethyl adjacent to an activating group) is 1. The van der Waals surface area contributed by atoms with Crippen molar-refractivity contribution in [2.75, 3.05) is 38.7 Å². The van der Waals surface area contributed by atoms with Gasteiger partial charge in [-0.1, -0.05) is 43.3 Å². The molecule has 30 heavy (non-hydrogen) atoms. The second kappa shape index (κ2) is 10.3. The molecule has 1 atom stereocenters. The highest BCUT2D eigenvalue weighted by Crippen LogP contribution is 2.31. The van der Waals surface area contributed by atoms with E-state index in [9.17, 15) is 9.59 Å². The summed E-state index contributed by atoms with van der Waals surface area (Å²) in [5, 5.41) is 2.99. The Kier molecular flexibility index (Phi) is 7.46. The number of rotatable bonds is 8. The van der Waals surface area contributed by atoms with Gasteiger partial charge < -0.3 is 19.9 Å². The molecule has 1 unspecified atom stereocenters. The summed E-state index contributed by atoms with van der Waals surface area (Å²) in [7, 11) is 4.01. The molecule has 0 spiro atoms. The van der Waals surface area contributed by atoms with Crippen molar-refractivity contribution in [2.45, 2.75) is 32.2 Å². The summed E-state index contributed by atoms with van der Waals surface area (Å²) in [6.45, 7) is 3.62. The van der Waals surface area contributed by atoms with E-state index < -0.39 is 0 Å². The molecule has 6 nitrogen and oxygen atoms in total. The highest BCUT2D eigenvalue weighted by Gasteiger charge is 2.23. The second-order valence-corrected chi connectivity index (χ2v) is 7.74. The zero-order valence-electron chi connectivity index (χ0n) is 18.1. The molecule has 0 radical (unpaired) electrons. The van der Waals surface area contributed by atoms with E-state index in [-0.39, 0.29) is 30.7 Å². The lowest BCUT2D eigenvalue weighted by atomic mass is 10.0. The van der Waals surface area contributed by atoms with Crippen LogP contribution in [0.15, 0.2) is 48.5 Å². The van der Waals surface area contributed by atoms with Gasteiger partial charge in [0.1, 0.15) is 12.4 Å². The first-order valence-corrected chi connectivity index (χ1v) is 10.5. The zero-order chi connectivity index (χ0) is 21.5. The Balaban J connectivity index is 1.52. The Morgan fingerprint density at radius 1 is 1.10 bits per heavy atom. The van der Waals surface area contributed by atoms with E-state index in [1.807, 2.05) is 38.4 Å². The third-order valence-electron chi connectivity index (χ3n) is 5.48. The smallest absolute Gasteiger partial charge is 0.227 e. The molecule has 0 saturated carbocycles. The number of fused-ring (bicyclic) bond motifs is 1. The molecule has 0 bridgehead atoms. The summed E-state index contributed by atoms with van der Waals surface area (Å²) in [6.07, 6.45) is 1.36. The number of benzene rings is 2. The van der Waals surface area contributed by atoms with Gasteiger partial charge in [0.05, 0.1) is 18.3 Å². The number of ether oxygens (including phenoxy) is 1. The van der Waals surface area contributed by atoms with Crippen LogP contribution in [0.1, 0.15) is 36.9 Å². The van der Waals surface area contributed by atoms with Crippen LogP contribution in [0.5, 0.6) is 5.75 Å². The van der Waals surface area contributed by atoms with Gasteiger partial charge in [-0.25, -0.2) is 0 Å². The van der Waals surface area contributed by atoms with Crippen LogP contribution in [-0.2, 0) is 16.0 Å². The molecular formula is C24H31N3O3. The molecule has 1 N–H and O–H groups in total. The summed E-state index contributed by atoms with van der Waals surface area (Å²) in [6, 6.07) is 16.1. The first kappa shape index (κ1) is 21.8. The highest BCUT2D eigenvalue weighted by atomic mass is 16.5. The number of amides is 2. The summed E-state index contributed by atoms with van der Waals surface area (Å²) < 4.78 is 5.60. The molecule has 0 saturated heterocycles. The van der Waals surface area contributed by atoms with Crippen LogP contribution in [-0.4, -0.2) is 50.5 Å². The number of nitrogens with zero attached hydrogens (tertiary/aromatic N) is 2. The molecule has 0 fully saturated rings. The van der Waals surface area contributed by atoms with E-state index in [1.165, 1.54) is 11.1 Å². The molecule has 160 valence electrons. The maximum absolute atomic E-state index is 12.7. The van der Waals surface area contributed by atoms with Crippen molar-refractivity contribution in [1.29, 1.82) is 0 Å². The molecule has 3 rings (SSSR count). The minimum atomic E-state index is -0.109. The summed E-state index contributed by atoms with van der Waals surface area (Å²) in [5.41, 5.74) is 3.24. The zero-order valence-corrected chi connectivity index (χ0v) is 18.1. The molecule has 6 heteroatoms. The number of carbonyl (C=O) groups is 2. The molecular weight excluding hydrogens is 378 g/mol. The number of hydrogen-bond donors (Lipinski definition) is 1. The van der Waals surface area contributed by atoms with Crippen LogP contribution in [0.3, 0.4) is 0 Å². The van der Waals surface area contributed by atoms with E-state index in [2.05, 4.69) is 41.4 Å². The maximum Gasteiger partial charge on any atom is 0.227 e. The molecule has 1 heterocycles. The lowest BCUT2D eigenvalue weighted by Gasteiger charge is -2.29. The van der Waals surface area contributed by atoms with E-state index in [4.69, 9.17) is 4.74 Å². The van der Waals surface area contributed by atoms with Crippen molar-refractivity contribution in [3.63, 3.8) is 0 Å². The van der Waals surface area contributed by atoms with Crippen molar-refractivity contribution in [3.8, 4) is 5.75 Å². The predicted molar refractivity (Wildman–Crippen MR) is 119 cm³/mol. The van der Waals surface area contributed by atoms with Gasteiger partial charge in [-0.15, -0.1) is 0 Å². The van der Waals surface area contributed by atoms with Crippen molar-refractivity contribution in [2.24, 2.45) is 0 Å². The molecule has 2 amide bonds. The fourth-order valence-corrected chi connectivity index (χ4v) is 3.66. The Hall–Kier alpha value is -2.86. The minimum absolute atomic E-state index is 0.0554. The maximum atomic E-state index is 12.7. The minimum Gasteiger partial charge on any atom is -0.490 e. The van der Waals surface area contributed by atoms with E-state index in [0.717, 1.165) is 12.1 Å². The van der Waals surface area contributed by atoms with Gasteiger partial charge >= 0.3 is 0 Å². The normalized spacial score (nSPS) is 14.1. The second-order valence-electron chi connectivity index (χ2n) is 7.74. The van der Waals surface area contributed by atoms with Gasteiger partial charge in [0.25, 0.3) is 0 Å². The molecule has 0 aromatic heterocycles. The lowest BCUT2D eigenvalue weighted by Crippen LogP contribution is -2.39. The van der Waals surface area contributed by atoms with Gasteiger partial charge in [-0.05, 0) is 43.8 Å². The number of hydrogen-bond acceptors (Lipinski definition) is 4. The summed E-state index contributed by atoms with van der Waals surface area (Å²) in [5.74, 6) is 0.548. The van der Waals surface area contributed by atoms with Crippen LogP contribution in [0, 0.1) is 0 Å². The number of aryl methyl sites for hydroxylation is 1. The fraction of sp³-hybridized carbons (Fsp3) is 0.417. The largest absolute Gasteiger partial charge is 0.490 e. The van der Waals surface area contributed by atoms with Crippen LogP contribution >= 0.6 is 0 Å². The first-order valence-electron chi connectivity index (χ1n) is 10.5. The highest BCUT2D eigenvalue weighted by molar-refractivity contribution is 5.97. The van der Waals surface area contributed by atoms with Crippen LogP contribution in [0.2, 0.25) is 0 Å². The Labute approximate surface area is 178 Å². The molecule has 2 aromatic rings. The van der Waals surface area contributed by atoms with Gasteiger partial charge in [0.2, 0.25) is 11.8 Å². The lowest BCUT2D eigenvalue weighted by molar-refractivity contribution is -0.125. The third kappa shape index (κ3) is 5.39. The number of nitrogens with one attached hydrogen (secondary N) is 1. The molecule has 1 aliphatic rings.